The van der Waals surface area contributed by atoms with Gasteiger partial charge in [-0.25, -0.2) is 4.98 Å². The second-order valence-electron chi connectivity index (χ2n) is 4.57. The topological polar surface area (TPSA) is 73.8 Å². The van der Waals surface area contributed by atoms with Crippen molar-refractivity contribution in [3.05, 3.63) is 39.8 Å². The van der Waals surface area contributed by atoms with Crippen molar-refractivity contribution in [2.24, 2.45) is 0 Å². The highest BCUT2D eigenvalue weighted by Crippen LogP contribution is 2.18. The van der Waals surface area contributed by atoms with Gasteiger partial charge in [-0.1, -0.05) is 12.1 Å². The fourth-order valence-corrected chi connectivity index (χ4v) is 2.75. The van der Waals surface area contributed by atoms with E-state index in [1.165, 1.54) is 22.2 Å². The quantitative estimate of drug-likeness (QED) is 0.737. The van der Waals surface area contributed by atoms with Crippen LogP contribution in [-0.4, -0.2) is 19.7 Å². The van der Waals surface area contributed by atoms with Gasteiger partial charge in [-0.05, 0) is 24.8 Å². The molecule has 0 N–H and O–H groups in total. The molecule has 3 aromatic rings. The lowest BCUT2D eigenvalue weighted by atomic mass is 10.3. The summed E-state index contributed by atoms with van der Waals surface area (Å²) >= 11 is 1.45. The number of hydrogen-bond donors (Lipinski definition) is 0. The van der Waals surface area contributed by atoms with Crippen molar-refractivity contribution >= 4 is 21.6 Å². The second-order valence-corrected chi connectivity index (χ2v) is 5.47. The molecule has 0 aliphatic heterocycles. The molecule has 0 radical (unpaired) electrons. The third kappa shape index (κ3) is 2.14. The van der Waals surface area contributed by atoms with E-state index in [0.717, 1.165) is 17.7 Å². The molecule has 6 nitrogen and oxygen atoms in total. The van der Waals surface area contributed by atoms with Crippen LogP contribution in [0.5, 0.6) is 0 Å². The minimum Gasteiger partial charge on any atom is -0.337 e. The van der Waals surface area contributed by atoms with Gasteiger partial charge < -0.3 is 4.52 Å². The summed E-state index contributed by atoms with van der Waals surface area (Å²) in [7, 11) is 0. The third-order valence-corrected chi connectivity index (χ3v) is 3.96. The van der Waals surface area contributed by atoms with E-state index in [2.05, 4.69) is 22.0 Å². The Kier molecular flexibility index (Phi) is 3.35. The number of hydrogen-bond acceptors (Lipinski definition) is 6. The molecular formula is C13H14N4O2S. The lowest BCUT2D eigenvalue weighted by molar-refractivity contribution is 0.339. The summed E-state index contributed by atoms with van der Waals surface area (Å²) in [6.07, 6.45) is 3.26. The van der Waals surface area contributed by atoms with Crippen LogP contribution in [0.15, 0.2) is 27.1 Å². The minimum absolute atomic E-state index is 0.0843. The predicted octanol–water partition coefficient (Wildman–Crippen LogP) is 2.40. The maximum Gasteiger partial charge on any atom is 0.262 e. The molecular weight excluding hydrogens is 276 g/mol. The highest BCUT2D eigenvalue weighted by Gasteiger charge is 2.18. The van der Waals surface area contributed by atoms with Crippen molar-refractivity contribution in [1.82, 2.24) is 19.7 Å². The lowest BCUT2D eigenvalue weighted by Crippen LogP contribution is -2.24. The van der Waals surface area contributed by atoms with Crippen LogP contribution in [0.2, 0.25) is 0 Å². The van der Waals surface area contributed by atoms with Crippen molar-refractivity contribution in [3.8, 4) is 0 Å². The van der Waals surface area contributed by atoms with Crippen LogP contribution in [-0.2, 0) is 6.42 Å². The second kappa shape index (κ2) is 5.16. The Bertz CT molecular complexity index is 789. The number of thiophene rings is 1. The Hall–Kier alpha value is -2.02. The maximum atomic E-state index is 12.4. The summed E-state index contributed by atoms with van der Waals surface area (Å²) in [5.74, 6) is 1.11. The Labute approximate surface area is 119 Å². The molecule has 3 rings (SSSR count). The van der Waals surface area contributed by atoms with Gasteiger partial charge in [0.2, 0.25) is 5.89 Å². The average molecular weight is 290 g/mol. The number of nitrogens with zero attached hydrogens (tertiary/aromatic N) is 4. The van der Waals surface area contributed by atoms with Crippen LogP contribution >= 0.6 is 11.3 Å². The first-order chi connectivity index (χ1) is 9.70. The molecule has 20 heavy (non-hydrogen) atoms. The predicted molar refractivity (Wildman–Crippen MR) is 76.0 cm³/mol. The molecule has 0 saturated heterocycles. The molecule has 7 heteroatoms. The van der Waals surface area contributed by atoms with Gasteiger partial charge in [-0.2, -0.15) is 4.98 Å². The number of aromatic nitrogens is 4. The summed E-state index contributed by atoms with van der Waals surface area (Å²) < 4.78 is 6.76. The van der Waals surface area contributed by atoms with E-state index in [-0.39, 0.29) is 11.6 Å². The maximum absolute atomic E-state index is 12.4. The van der Waals surface area contributed by atoms with Gasteiger partial charge in [0.15, 0.2) is 5.82 Å². The molecule has 0 spiro atoms. The van der Waals surface area contributed by atoms with Gasteiger partial charge in [-0.15, -0.1) is 11.3 Å². The Morgan fingerprint density at radius 1 is 1.50 bits per heavy atom. The standard InChI is InChI=1S/C13H14N4O2S/c1-3-4-10-15-11(19-16-10)8(2)17-7-14-12-9(13(17)18)5-6-20-12/h5-8H,3-4H2,1-2H3. The first-order valence-corrected chi connectivity index (χ1v) is 7.35. The highest BCUT2D eigenvalue weighted by atomic mass is 32.1. The first-order valence-electron chi connectivity index (χ1n) is 6.47. The third-order valence-electron chi connectivity index (χ3n) is 3.14. The smallest absolute Gasteiger partial charge is 0.262 e. The van der Waals surface area contributed by atoms with E-state index in [0.29, 0.717) is 17.1 Å². The van der Waals surface area contributed by atoms with Crippen molar-refractivity contribution in [2.75, 3.05) is 0 Å². The van der Waals surface area contributed by atoms with Gasteiger partial charge in [0.05, 0.1) is 11.7 Å². The van der Waals surface area contributed by atoms with E-state index >= 15 is 0 Å². The van der Waals surface area contributed by atoms with Crippen LogP contribution in [0.3, 0.4) is 0 Å². The van der Waals surface area contributed by atoms with E-state index < -0.39 is 0 Å². The summed E-state index contributed by atoms with van der Waals surface area (Å²) in [4.78, 5) is 21.7. The minimum atomic E-state index is -0.322. The van der Waals surface area contributed by atoms with Gasteiger partial charge in [0, 0.05) is 6.42 Å². The zero-order chi connectivity index (χ0) is 14.1. The molecule has 0 bridgehead atoms. The van der Waals surface area contributed by atoms with Crippen molar-refractivity contribution in [1.29, 1.82) is 0 Å². The van der Waals surface area contributed by atoms with E-state index in [4.69, 9.17) is 4.52 Å². The average Bonchev–Trinajstić information content (AvgIpc) is 3.08. The summed E-state index contributed by atoms with van der Waals surface area (Å²) in [5.41, 5.74) is -0.0843. The Balaban J connectivity index is 2.00. The molecule has 1 unspecified atom stereocenters. The first kappa shape index (κ1) is 13.0. The molecule has 0 aliphatic carbocycles. The van der Waals surface area contributed by atoms with Crippen molar-refractivity contribution in [3.63, 3.8) is 0 Å². The monoisotopic (exact) mass is 290 g/mol. The van der Waals surface area contributed by atoms with Crippen LogP contribution in [0, 0.1) is 0 Å². The normalized spacial score (nSPS) is 12.9. The molecule has 0 fully saturated rings. The van der Waals surface area contributed by atoms with Crippen LogP contribution < -0.4 is 5.56 Å². The number of fused-ring (bicyclic) bond motifs is 1. The summed E-state index contributed by atoms with van der Waals surface area (Å²) in [6, 6.07) is 1.46. The van der Waals surface area contributed by atoms with Crippen LogP contribution in [0.4, 0.5) is 0 Å². The van der Waals surface area contributed by atoms with E-state index in [9.17, 15) is 4.79 Å². The molecule has 3 heterocycles. The van der Waals surface area contributed by atoms with E-state index in [1.54, 1.807) is 6.07 Å². The van der Waals surface area contributed by atoms with Crippen LogP contribution in [0.25, 0.3) is 10.2 Å². The molecule has 104 valence electrons. The lowest BCUT2D eigenvalue weighted by Gasteiger charge is -2.09. The summed E-state index contributed by atoms with van der Waals surface area (Å²) in [5, 5.41) is 6.40. The highest BCUT2D eigenvalue weighted by molar-refractivity contribution is 7.16. The molecule has 0 amide bonds. The van der Waals surface area contributed by atoms with E-state index in [1.807, 2.05) is 12.3 Å². The fraction of sp³-hybridized carbons (Fsp3) is 0.385. The molecule has 0 aliphatic rings. The number of aryl methyl sites for hydroxylation is 1. The zero-order valence-corrected chi connectivity index (χ0v) is 12.1. The fourth-order valence-electron chi connectivity index (χ4n) is 2.03. The number of rotatable bonds is 4. The van der Waals surface area contributed by atoms with Crippen LogP contribution in [0.1, 0.15) is 38.0 Å². The molecule has 3 aromatic heterocycles. The Morgan fingerprint density at radius 3 is 3.15 bits per heavy atom. The molecule has 0 saturated carbocycles. The molecule has 0 aromatic carbocycles. The van der Waals surface area contributed by atoms with Gasteiger partial charge in [-0.3, -0.25) is 9.36 Å². The van der Waals surface area contributed by atoms with Crippen molar-refractivity contribution in [2.45, 2.75) is 32.7 Å². The SMILES string of the molecule is CCCc1noc(C(C)n2cnc3sccc3c2=O)n1. The molecule has 1 atom stereocenters. The summed E-state index contributed by atoms with van der Waals surface area (Å²) in [6.45, 7) is 3.91. The Morgan fingerprint density at radius 2 is 2.35 bits per heavy atom. The van der Waals surface area contributed by atoms with Gasteiger partial charge in [0.25, 0.3) is 5.56 Å². The van der Waals surface area contributed by atoms with Gasteiger partial charge in [0.1, 0.15) is 10.9 Å². The largest absolute Gasteiger partial charge is 0.337 e. The zero-order valence-electron chi connectivity index (χ0n) is 11.2. The van der Waals surface area contributed by atoms with Gasteiger partial charge >= 0.3 is 0 Å². The van der Waals surface area contributed by atoms with Crippen molar-refractivity contribution < 1.29 is 4.52 Å².